The van der Waals surface area contributed by atoms with Gasteiger partial charge in [0.2, 0.25) is 5.75 Å². The number of hydrogen-bond acceptors (Lipinski definition) is 3. The quantitative estimate of drug-likeness (QED) is 0.328. The molecule has 0 radical (unpaired) electrons. The third-order valence-corrected chi connectivity index (χ3v) is 7.76. The minimum absolute atomic E-state index is 0.669. The molecule has 3 aromatic carbocycles. The van der Waals surface area contributed by atoms with Crippen molar-refractivity contribution in [3.8, 4) is 40.1 Å². The first-order valence-electron chi connectivity index (χ1n) is 11.0. The molecule has 10 rings (SSSR count). The van der Waals surface area contributed by atoms with Gasteiger partial charge in [0.05, 0.1) is 11.8 Å². The molecule has 0 amide bonds. The summed E-state index contributed by atoms with van der Waals surface area (Å²) in [6, 6.07) is 21.0. The molecule has 0 fully saturated rings. The molecule has 0 saturated carbocycles. The fraction of sp³-hybridized carbons (Fsp3) is 0.0370. The van der Waals surface area contributed by atoms with Crippen LogP contribution in [0.3, 0.4) is 0 Å². The van der Waals surface area contributed by atoms with Gasteiger partial charge in [0.15, 0.2) is 28.6 Å². The number of pyridine rings is 1. The van der Waals surface area contributed by atoms with Crippen LogP contribution in [0.5, 0.6) is 23.0 Å². The molecule has 4 aliphatic rings. The Bertz CT molecular complexity index is 1950. The topological polar surface area (TPSA) is 44.3 Å². The zero-order chi connectivity index (χ0) is 21.1. The average molecular weight is 427 g/mol. The lowest BCUT2D eigenvalue weighted by molar-refractivity contribution is -0.962. The summed E-state index contributed by atoms with van der Waals surface area (Å²) in [5.74, 6) is 4.47. The van der Waals surface area contributed by atoms with E-state index >= 15 is 0 Å². The highest BCUT2D eigenvalue weighted by Crippen LogP contribution is 2.58. The van der Waals surface area contributed by atoms with Crippen molar-refractivity contribution in [1.82, 2.24) is 4.57 Å². The lowest BCUT2D eigenvalue weighted by atomic mass is 9.84. The number of oxazole rings is 1. The number of para-hydroxylation sites is 1. The predicted molar refractivity (Wildman–Crippen MR) is 117 cm³/mol. The second-order valence-electron chi connectivity index (χ2n) is 9.06. The molecule has 4 aliphatic heterocycles. The third-order valence-electron chi connectivity index (χ3n) is 7.76. The number of aromatic nitrogens is 3. The van der Waals surface area contributed by atoms with Crippen molar-refractivity contribution in [2.24, 2.45) is 0 Å². The minimum atomic E-state index is -0.669. The molecule has 1 atom stereocenters. The van der Waals surface area contributed by atoms with E-state index in [-0.39, 0.29) is 0 Å². The molecule has 152 valence electrons. The van der Waals surface area contributed by atoms with Gasteiger partial charge in [0.1, 0.15) is 17.1 Å². The summed E-state index contributed by atoms with van der Waals surface area (Å²) in [4.78, 5) is 0. The van der Waals surface area contributed by atoms with E-state index < -0.39 is 5.66 Å². The van der Waals surface area contributed by atoms with Gasteiger partial charge in [-0.1, -0.05) is 12.1 Å². The van der Waals surface area contributed by atoms with Crippen LogP contribution in [0.4, 0.5) is 0 Å². The number of benzene rings is 3. The first-order chi connectivity index (χ1) is 16.4. The first-order valence-corrected chi connectivity index (χ1v) is 11.0. The van der Waals surface area contributed by atoms with Gasteiger partial charge in [-0.15, -0.1) is 4.57 Å². The van der Waals surface area contributed by atoms with Gasteiger partial charge in [-0.3, -0.25) is 0 Å². The SMILES string of the molecule is c1cc2c3c(c1)-c1coc[n+]1C31c3c(ccc4c5cccc6c5n(c34)-c3c(ccc[n+]31)O6)O2. The van der Waals surface area contributed by atoms with E-state index in [1.165, 1.54) is 10.8 Å². The van der Waals surface area contributed by atoms with Gasteiger partial charge in [-0.2, -0.15) is 9.13 Å². The second-order valence-corrected chi connectivity index (χ2v) is 9.06. The van der Waals surface area contributed by atoms with Crippen molar-refractivity contribution in [3.05, 3.63) is 90.6 Å². The first kappa shape index (κ1) is 15.3. The van der Waals surface area contributed by atoms with Crippen LogP contribution in [0.1, 0.15) is 11.1 Å². The Morgan fingerprint density at radius 2 is 1.52 bits per heavy atom. The lowest BCUT2D eigenvalue weighted by Gasteiger charge is -2.34. The molecule has 0 bridgehead atoms. The van der Waals surface area contributed by atoms with E-state index in [2.05, 4.69) is 62.4 Å². The van der Waals surface area contributed by atoms with Crippen molar-refractivity contribution >= 4 is 21.8 Å². The maximum absolute atomic E-state index is 6.59. The minimum Gasteiger partial charge on any atom is -0.456 e. The number of ether oxygens (including phenoxy) is 2. The van der Waals surface area contributed by atoms with E-state index in [4.69, 9.17) is 13.9 Å². The zero-order valence-corrected chi connectivity index (χ0v) is 17.1. The van der Waals surface area contributed by atoms with Crippen LogP contribution in [-0.2, 0) is 5.66 Å². The average Bonchev–Trinajstić information content (AvgIpc) is 3.53. The summed E-state index contributed by atoms with van der Waals surface area (Å²) >= 11 is 0. The summed E-state index contributed by atoms with van der Waals surface area (Å²) in [6.07, 6.45) is 5.80. The van der Waals surface area contributed by atoms with Crippen LogP contribution in [0.2, 0.25) is 0 Å². The van der Waals surface area contributed by atoms with Crippen molar-refractivity contribution in [3.63, 3.8) is 0 Å². The Morgan fingerprint density at radius 1 is 0.697 bits per heavy atom. The predicted octanol–water partition coefficient (Wildman–Crippen LogP) is 4.75. The number of fused-ring (bicyclic) bond motifs is 3. The maximum atomic E-state index is 6.59. The molecule has 6 heteroatoms. The molecular formula is C27H13N3O3+2. The molecule has 0 saturated heterocycles. The van der Waals surface area contributed by atoms with E-state index in [0.717, 1.165) is 62.2 Å². The fourth-order valence-electron chi connectivity index (χ4n) is 6.72. The van der Waals surface area contributed by atoms with Crippen LogP contribution in [0.25, 0.3) is 38.9 Å². The van der Waals surface area contributed by atoms with Gasteiger partial charge < -0.3 is 13.9 Å². The molecule has 3 aromatic heterocycles. The fourth-order valence-corrected chi connectivity index (χ4v) is 6.72. The van der Waals surface area contributed by atoms with Crippen molar-refractivity contribution < 1.29 is 23.0 Å². The standard InChI is InChI=1S/C27H13N3O3/c1-4-14-15-9-10-19-23-25(15)30-24(14)20(7-1)33-21-8-3-11-28(26(21)30)27(23)22-16(5-2-6-18(22)32-19)17-12-31-13-29(17)27/h1-13H/q+2. The summed E-state index contributed by atoms with van der Waals surface area (Å²) in [6.45, 7) is 0. The van der Waals surface area contributed by atoms with Gasteiger partial charge >= 0.3 is 17.9 Å². The summed E-state index contributed by atoms with van der Waals surface area (Å²) in [5, 5.41) is 2.37. The molecule has 0 aliphatic carbocycles. The Labute approximate surface area is 186 Å². The van der Waals surface area contributed by atoms with Crippen molar-refractivity contribution in [2.45, 2.75) is 5.66 Å². The Kier molecular flexibility index (Phi) is 2.07. The molecule has 33 heavy (non-hydrogen) atoms. The van der Waals surface area contributed by atoms with E-state index in [1.54, 1.807) is 0 Å². The van der Waals surface area contributed by atoms with Crippen molar-refractivity contribution in [2.75, 3.05) is 0 Å². The molecular weight excluding hydrogens is 414 g/mol. The summed E-state index contributed by atoms with van der Waals surface area (Å²) in [7, 11) is 0. The number of rotatable bonds is 0. The number of hydrogen-bond donors (Lipinski definition) is 0. The number of nitrogens with zero attached hydrogens (tertiary/aromatic N) is 3. The molecule has 1 unspecified atom stereocenters. The van der Waals surface area contributed by atoms with Crippen LogP contribution in [-0.4, -0.2) is 4.57 Å². The smallest absolute Gasteiger partial charge is 0.377 e. The van der Waals surface area contributed by atoms with E-state index in [1.807, 2.05) is 30.9 Å². The monoisotopic (exact) mass is 427 g/mol. The Hall–Kier alpha value is -4.58. The third kappa shape index (κ3) is 1.31. The van der Waals surface area contributed by atoms with Gasteiger partial charge in [-0.25, -0.2) is 0 Å². The van der Waals surface area contributed by atoms with E-state index in [9.17, 15) is 0 Å². The van der Waals surface area contributed by atoms with Gasteiger partial charge in [0.25, 0.3) is 5.69 Å². The zero-order valence-electron chi connectivity index (χ0n) is 17.1. The highest BCUT2D eigenvalue weighted by atomic mass is 16.5. The van der Waals surface area contributed by atoms with Crippen molar-refractivity contribution in [1.29, 1.82) is 0 Å². The molecule has 6 aromatic rings. The highest BCUT2D eigenvalue weighted by molar-refractivity contribution is 6.14. The van der Waals surface area contributed by atoms with E-state index in [0.29, 0.717) is 0 Å². The molecule has 6 nitrogen and oxygen atoms in total. The van der Waals surface area contributed by atoms with Gasteiger partial charge in [0, 0.05) is 10.8 Å². The largest absolute Gasteiger partial charge is 0.456 e. The maximum Gasteiger partial charge on any atom is 0.377 e. The Morgan fingerprint density at radius 3 is 2.52 bits per heavy atom. The molecule has 1 spiro atoms. The van der Waals surface area contributed by atoms with Gasteiger partial charge in [-0.05, 0) is 48.5 Å². The second kappa shape index (κ2) is 4.47. The summed E-state index contributed by atoms with van der Waals surface area (Å²) in [5.41, 5.74) is 6.01. The normalized spacial score (nSPS) is 18.9. The lowest BCUT2D eigenvalue weighted by Crippen LogP contribution is -2.75. The Balaban J connectivity index is 1.60. The van der Waals surface area contributed by atoms with Crippen LogP contribution < -0.4 is 18.6 Å². The summed E-state index contributed by atoms with van der Waals surface area (Å²) < 4.78 is 25.8. The highest BCUT2D eigenvalue weighted by Gasteiger charge is 2.69. The molecule has 0 N–H and O–H groups in total. The van der Waals surface area contributed by atoms with Crippen LogP contribution in [0.15, 0.2) is 83.9 Å². The van der Waals surface area contributed by atoms with Crippen LogP contribution >= 0.6 is 0 Å². The van der Waals surface area contributed by atoms with Crippen LogP contribution in [0, 0.1) is 0 Å². The molecule has 7 heterocycles.